The number of carbonyl (C=O) groups excluding carboxylic acids is 1. The van der Waals surface area contributed by atoms with Crippen LogP contribution in [0.1, 0.15) is 50.8 Å². The van der Waals surface area contributed by atoms with Crippen LogP contribution in [0.5, 0.6) is 0 Å². The predicted octanol–water partition coefficient (Wildman–Crippen LogP) is 5.45. The lowest BCUT2D eigenvalue weighted by Gasteiger charge is -2.23. The van der Waals surface area contributed by atoms with Crippen LogP contribution < -0.4 is 10.9 Å². The molecule has 0 aliphatic carbocycles. The average molecular weight is 599 g/mol. The SMILES string of the molecule is CC(C)(C)OC(=O)n1cc(C(c2ccc(Cl)c(F)c2)n2ccc(-c3nc(NC4CCOCC4)ncc3F)cc2=O)cn1. The molecule has 0 saturated carbocycles. The Morgan fingerprint density at radius 1 is 1.12 bits per heavy atom. The number of anilines is 1. The zero-order valence-electron chi connectivity index (χ0n) is 23.2. The standard InChI is InChI=1S/C29H29ClF2N6O4/c1-29(2,3)42-28(40)38-16-19(14-34-38)26(18-4-5-21(30)22(31)12-18)37-9-6-17(13-24(37)39)25-23(32)15-33-27(36-25)35-20-7-10-41-11-8-20/h4-6,9,12-16,20,26H,7-8,10-11H2,1-3H3,(H,33,35,36). The molecule has 220 valence electrons. The smallest absolute Gasteiger partial charge is 0.435 e. The molecule has 42 heavy (non-hydrogen) atoms. The summed E-state index contributed by atoms with van der Waals surface area (Å²) < 4.78 is 42.5. The van der Waals surface area contributed by atoms with Gasteiger partial charge in [0.1, 0.15) is 17.1 Å². The molecule has 0 bridgehead atoms. The molecule has 1 aromatic carbocycles. The third-order valence-corrected chi connectivity index (χ3v) is 6.86. The van der Waals surface area contributed by atoms with Crippen LogP contribution in [0.25, 0.3) is 11.3 Å². The number of aromatic nitrogens is 5. The molecule has 1 unspecified atom stereocenters. The van der Waals surface area contributed by atoms with Gasteiger partial charge < -0.3 is 19.4 Å². The molecule has 3 aromatic heterocycles. The van der Waals surface area contributed by atoms with Crippen LogP contribution in [0.3, 0.4) is 0 Å². The molecule has 0 radical (unpaired) electrons. The Morgan fingerprint density at radius 3 is 2.57 bits per heavy atom. The summed E-state index contributed by atoms with van der Waals surface area (Å²) in [5.41, 5.74) is -0.340. The van der Waals surface area contributed by atoms with Crippen molar-refractivity contribution in [2.24, 2.45) is 0 Å². The Bertz CT molecular complexity index is 1660. The van der Waals surface area contributed by atoms with E-state index in [2.05, 4.69) is 20.4 Å². The number of carbonyl (C=O) groups is 1. The minimum Gasteiger partial charge on any atom is -0.442 e. The summed E-state index contributed by atoms with van der Waals surface area (Å²) in [5.74, 6) is -1.14. The van der Waals surface area contributed by atoms with Crippen molar-refractivity contribution in [3.8, 4) is 11.3 Å². The van der Waals surface area contributed by atoms with Gasteiger partial charge in [-0.2, -0.15) is 9.78 Å². The van der Waals surface area contributed by atoms with Crippen LogP contribution in [-0.4, -0.2) is 55.3 Å². The minimum absolute atomic E-state index is 0.0457. The van der Waals surface area contributed by atoms with Gasteiger partial charge in [-0.3, -0.25) is 4.79 Å². The minimum atomic E-state index is -0.907. The van der Waals surface area contributed by atoms with E-state index in [4.69, 9.17) is 21.1 Å². The maximum Gasteiger partial charge on any atom is 0.435 e. The number of ether oxygens (including phenoxy) is 2. The van der Waals surface area contributed by atoms with Crippen molar-refractivity contribution in [2.45, 2.75) is 51.3 Å². The highest BCUT2D eigenvalue weighted by Crippen LogP contribution is 2.29. The number of halogens is 3. The van der Waals surface area contributed by atoms with E-state index in [-0.39, 0.29) is 28.3 Å². The third-order valence-electron chi connectivity index (χ3n) is 6.56. The van der Waals surface area contributed by atoms with E-state index >= 15 is 0 Å². The van der Waals surface area contributed by atoms with Crippen LogP contribution in [0.15, 0.2) is 59.9 Å². The molecule has 1 aliphatic heterocycles. The Morgan fingerprint density at radius 2 is 1.88 bits per heavy atom. The Labute approximate surface area is 245 Å². The second-order valence-electron chi connectivity index (χ2n) is 10.9. The van der Waals surface area contributed by atoms with Crippen molar-refractivity contribution in [1.29, 1.82) is 0 Å². The molecule has 4 aromatic rings. The fourth-order valence-electron chi connectivity index (χ4n) is 4.60. The molecule has 1 atom stereocenters. The maximum absolute atomic E-state index is 14.8. The number of nitrogens with zero attached hydrogens (tertiary/aromatic N) is 5. The van der Waals surface area contributed by atoms with Gasteiger partial charge in [-0.25, -0.2) is 23.5 Å². The van der Waals surface area contributed by atoms with Gasteiger partial charge >= 0.3 is 6.09 Å². The van der Waals surface area contributed by atoms with Crippen LogP contribution in [0.2, 0.25) is 5.02 Å². The maximum atomic E-state index is 14.8. The Balaban J connectivity index is 1.51. The quantitative estimate of drug-likeness (QED) is 0.312. The normalized spacial score (nSPS) is 14.9. The number of benzene rings is 1. The molecule has 4 heterocycles. The lowest BCUT2D eigenvalue weighted by Crippen LogP contribution is -2.28. The van der Waals surface area contributed by atoms with E-state index in [1.165, 1.54) is 47.4 Å². The average Bonchev–Trinajstić information content (AvgIpc) is 3.43. The van der Waals surface area contributed by atoms with Crippen molar-refractivity contribution in [2.75, 3.05) is 18.5 Å². The van der Waals surface area contributed by atoms with E-state index in [1.807, 2.05) is 0 Å². The van der Waals surface area contributed by atoms with E-state index in [0.717, 1.165) is 23.7 Å². The van der Waals surface area contributed by atoms with Crippen LogP contribution >= 0.6 is 11.6 Å². The number of rotatable bonds is 6. The molecular weight excluding hydrogens is 570 g/mol. The number of hydrogen-bond acceptors (Lipinski definition) is 8. The van der Waals surface area contributed by atoms with Gasteiger partial charge in [-0.15, -0.1) is 0 Å². The fraction of sp³-hybridized carbons (Fsp3) is 0.345. The molecule has 0 spiro atoms. The first-order valence-electron chi connectivity index (χ1n) is 13.3. The van der Waals surface area contributed by atoms with Crippen molar-refractivity contribution < 1.29 is 23.0 Å². The molecule has 1 N–H and O–H groups in total. The number of hydrogen-bond donors (Lipinski definition) is 1. The molecule has 1 saturated heterocycles. The highest BCUT2D eigenvalue weighted by Gasteiger charge is 2.25. The van der Waals surface area contributed by atoms with Gasteiger partial charge in [-0.05, 0) is 57.4 Å². The van der Waals surface area contributed by atoms with E-state index in [0.29, 0.717) is 24.3 Å². The molecule has 1 aliphatic rings. The van der Waals surface area contributed by atoms with E-state index in [1.54, 1.807) is 26.8 Å². The van der Waals surface area contributed by atoms with E-state index in [9.17, 15) is 18.4 Å². The summed E-state index contributed by atoms with van der Waals surface area (Å²) in [7, 11) is 0. The molecule has 1 fully saturated rings. The first-order valence-corrected chi connectivity index (χ1v) is 13.7. The fourth-order valence-corrected chi connectivity index (χ4v) is 4.71. The number of pyridine rings is 1. The first kappa shape index (κ1) is 29.3. The van der Waals surface area contributed by atoms with Gasteiger partial charge in [0.05, 0.1) is 23.5 Å². The second kappa shape index (κ2) is 12.0. The van der Waals surface area contributed by atoms with Gasteiger partial charge in [0, 0.05) is 48.8 Å². The molecule has 13 heteroatoms. The van der Waals surface area contributed by atoms with Crippen molar-refractivity contribution in [3.63, 3.8) is 0 Å². The molecule has 5 rings (SSSR count). The summed E-state index contributed by atoms with van der Waals surface area (Å²) >= 11 is 5.91. The van der Waals surface area contributed by atoms with Gasteiger partial charge in [0.2, 0.25) is 5.95 Å². The molecular formula is C29H29ClF2N6O4. The molecule has 0 amide bonds. The monoisotopic (exact) mass is 598 g/mol. The second-order valence-corrected chi connectivity index (χ2v) is 11.3. The van der Waals surface area contributed by atoms with Crippen LogP contribution in [0.4, 0.5) is 19.5 Å². The topological polar surface area (TPSA) is 113 Å². The summed E-state index contributed by atoms with van der Waals surface area (Å²) in [6, 6.07) is 6.10. The summed E-state index contributed by atoms with van der Waals surface area (Å²) in [5, 5.41) is 7.21. The third kappa shape index (κ3) is 6.66. The van der Waals surface area contributed by atoms with Crippen molar-refractivity contribution in [3.05, 3.63) is 93.3 Å². The predicted molar refractivity (Wildman–Crippen MR) is 152 cm³/mol. The van der Waals surface area contributed by atoms with Crippen molar-refractivity contribution >= 4 is 23.6 Å². The Kier molecular flexibility index (Phi) is 8.37. The summed E-state index contributed by atoms with van der Waals surface area (Å²) in [6.45, 7) is 6.39. The van der Waals surface area contributed by atoms with Crippen LogP contribution in [-0.2, 0) is 9.47 Å². The van der Waals surface area contributed by atoms with Crippen LogP contribution in [0, 0.1) is 11.6 Å². The first-order chi connectivity index (χ1) is 20.0. The van der Waals surface area contributed by atoms with Gasteiger partial charge in [-0.1, -0.05) is 17.7 Å². The van der Waals surface area contributed by atoms with Gasteiger partial charge in [0.25, 0.3) is 5.56 Å². The summed E-state index contributed by atoms with van der Waals surface area (Å²) in [6.07, 6.45) is 6.12. The largest absolute Gasteiger partial charge is 0.442 e. The molecule has 10 nitrogen and oxygen atoms in total. The zero-order chi connectivity index (χ0) is 30.0. The van der Waals surface area contributed by atoms with Gasteiger partial charge in [0.15, 0.2) is 5.82 Å². The highest BCUT2D eigenvalue weighted by atomic mass is 35.5. The summed E-state index contributed by atoms with van der Waals surface area (Å²) in [4.78, 5) is 34.5. The zero-order valence-corrected chi connectivity index (χ0v) is 23.9. The number of nitrogens with one attached hydrogen (secondary N) is 1. The highest BCUT2D eigenvalue weighted by molar-refractivity contribution is 6.30. The lowest BCUT2D eigenvalue weighted by molar-refractivity contribution is 0.0514. The van der Waals surface area contributed by atoms with E-state index < -0.39 is 34.9 Å². The van der Waals surface area contributed by atoms with Crippen molar-refractivity contribution in [1.82, 2.24) is 24.3 Å². The lowest BCUT2D eigenvalue weighted by atomic mass is 10.0. The Hall–Kier alpha value is -4.16.